The Hall–Kier alpha value is -4.31. The fourth-order valence-electron chi connectivity index (χ4n) is 5.38. The topological polar surface area (TPSA) is 103 Å². The van der Waals surface area contributed by atoms with Gasteiger partial charge in [0, 0.05) is 37.3 Å². The molecule has 192 valence electrons. The minimum Gasteiger partial charge on any atom is -0.457 e. The molecular formula is C28H28N8O2. The quantitative estimate of drug-likeness (QED) is 0.360. The number of fused-ring (bicyclic) bond motifs is 2. The second-order valence-electron chi connectivity index (χ2n) is 10.4. The number of benzene rings is 2. The fraction of sp³-hybridized carbons (Fsp3) is 0.321. The van der Waals surface area contributed by atoms with Gasteiger partial charge in [0.05, 0.1) is 36.8 Å². The SMILES string of the molecule is Cc1cc(Nc2ncnc3cnc(N4CCCC5(COC5)C4)nc23)ccc1Oc1ccc2c(c1)ncn2C. The molecule has 0 aliphatic carbocycles. The van der Waals surface area contributed by atoms with Crippen LogP contribution in [0.25, 0.3) is 22.1 Å². The van der Waals surface area contributed by atoms with E-state index < -0.39 is 0 Å². The van der Waals surface area contributed by atoms with Crippen LogP contribution in [0.15, 0.2) is 55.2 Å². The number of rotatable bonds is 5. The van der Waals surface area contributed by atoms with Gasteiger partial charge in [-0.25, -0.2) is 24.9 Å². The van der Waals surface area contributed by atoms with Crippen molar-refractivity contribution in [2.45, 2.75) is 19.8 Å². The zero-order chi connectivity index (χ0) is 25.7. The number of piperidine rings is 1. The van der Waals surface area contributed by atoms with E-state index in [9.17, 15) is 0 Å². The van der Waals surface area contributed by atoms with E-state index in [0.717, 1.165) is 66.5 Å². The van der Waals surface area contributed by atoms with Crippen LogP contribution >= 0.6 is 0 Å². The van der Waals surface area contributed by atoms with Gasteiger partial charge >= 0.3 is 0 Å². The van der Waals surface area contributed by atoms with Crippen LogP contribution in [0.3, 0.4) is 0 Å². The summed E-state index contributed by atoms with van der Waals surface area (Å²) in [6, 6.07) is 11.9. The molecule has 0 saturated carbocycles. The Morgan fingerprint density at radius 1 is 1.03 bits per heavy atom. The zero-order valence-electron chi connectivity index (χ0n) is 21.4. The summed E-state index contributed by atoms with van der Waals surface area (Å²) in [6.07, 6.45) is 7.43. The maximum absolute atomic E-state index is 6.18. The third-order valence-electron chi connectivity index (χ3n) is 7.49. The molecule has 0 bridgehead atoms. The highest BCUT2D eigenvalue weighted by Crippen LogP contribution is 2.38. The summed E-state index contributed by atoms with van der Waals surface area (Å²) >= 11 is 0. The van der Waals surface area contributed by atoms with Gasteiger partial charge in [-0.3, -0.25) is 0 Å². The second-order valence-corrected chi connectivity index (χ2v) is 10.4. The number of nitrogens with one attached hydrogen (secondary N) is 1. The van der Waals surface area contributed by atoms with Crippen LogP contribution in [0, 0.1) is 12.3 Å². The molecule has 0 amide bonds. The number of ether oxygens (including phenoxy) is 2. The highest BCUT2D eigenvalue weighted by atomic mass is 16.5. The van der Waals surface area contributed by atoms with Gasteiger partial charge in [-0.2, -0.15) is 0 Å². The fourth-order valence-corrected chi connectivity index (χ4v) is 5.38. The van der Waals surface area contributed by atoms with Crippen molar-refractivity contribution >= 4 is 39.5 Å². The van der Waals surface area contributed by atoms with E-state index in [0.29, 0.717) is 22.8 Å². The van der Waals surface area contributed by atoms with Gasteiger partial charge in [-0.15, -0.1) is 0 Å². The predicted molar refractivity (Wildman–Crippen MR) is 145 cm³/mol. The molecule has 7 rings (SSSR count). The number of aryl methyl sites for hydroxylation is 2. The average molecular weight is 509 g/mol. The van der Waals surface area contributed by atoms with Gasteiger partial charge < -0.3 is 24.3 Å². The lowest BCUT2D eigenvalue weighted by atomic mass is 9.78. The molecule has 2 aromatic carbocycles. The highest BCUT2D eigenvalue weighted by Gasteiger charge is 2.42. The molecule has 3 aromatic heterocycles. The molecule has 2 aliphatic rings. The first-order valence-corrected chi connectivity index (χ1v) is 12.8. The van der Waals surface area contributed by atoms with Crippen LogP contribution in [0.5, 0.6) is 11.5 Å². The van der Waals surface area contributed by atoms with Gasteiger partial charge in [0.15, 0.2) is 5.82 Å². The molecule has 0 unspecified atom stereocenters. The molecule has 1 spiro atoms. The Kier molecular flexibility index (Phi) is 5.36. The average Bonchev–Trinajstić information content (AvgIpc) is 3.29. The van der Waals surface area contributed by atoms with Gasteiger partial charge in [0.25, 0.3) is 0 Å². The van der Waals surface area contributed by atoms with E-state index in [2.05, 4.69) is 30.2 Å². The number of imidazole rings is 1. The summed E-state index contributed by atoms with van der Waals surface area (Å²) in [5.41, 5.74) is 5.49. The molecule has 10 nitrogen and oxygen atoms in total. The Morgan fingerprint density at radius 3 is 2.79 bits per heavy atom. The molecule has 1 N–H and O–H groups in total. The van der Waals surface area contributed by atoms with Crippen molar-refractivity contribution in [3.8, 4) is 11.5 Å². The molecule has 2 fully saturated rings. The first-order valence-electron chi connectivity index (χ1n) is 12.8. The van der Waals surface area contributed by atoms with E-state index in [1.807, 2.05) is 54.9 Å². The summed E-state index contributed by atoms with van der Waals surface area (Å²) in [6.45, 7) is 5.53. The third-order valence-corrected chi connectivity index (χ3v) is 7.49. The molecule has 10 heteroatoms. The van der Waals surface area contributed by atoms with Crippen LogP contribution in [-0.4, -0.2) is 55.8 Å². The lowest BCUT2D eigenvalue weighted by Gasteiger charge is -2.48. The van der Waals surface area contributed by atoms with Crippen molar-refractivity contribution in [2.75, 3.05) is 36.5 Å². The van der Waals surface area contributed by atoms with Crippen LogP contribution in [-0.2, 0) is 11.8 Å². The normalized spacial score (nSPS) is 16.6. The molecule has 5 heterocycles. The van der Waals surface area contributed by atoms with Crippen molar-refractivity contribution in [3.63, 3.8) is 0 Å². The molecule has 0 atom stereocenters. The highest BCUT2D eigenvalue weighted by molar-refractivity contribution is 5.87. The van der Waals surface area contributed by atoms with Gasteiger partial charge in [0.2, 0.25) is 5.95 Å². The smallest absolute Gasteiger partial charge is 0.226 e. The van der Waals surface area contributed by atoms with Crippen molar-refractivity contribution in [2.24, 2.45) is 12.5 Å². The minimum absolute atomic E-state index is 0.246. The van der Waals surface area contributed by atoms with Crippen LogP contribution in [0.4, 0.5) is 17.5 Å². The van der Waals surface area contributed by atoms with Crippen molar-refractivity contribution in [1.82, 2.24) is 29.5 Å². The minimum atomic E-state index is 0.246. The van der Waals surface area contributed by atoms with Crippen LogP contribution in [0.2, 0.25) is 0 Å². The largest absolute Gasteiger partial charge is 0.457 e. The van der Waals surface area contributed by atoms with E-state index in [1.165, 1.54) is 12.7 Å². The number of hydrogen-bond donors (Lipinski definition) is 1. The third kappa shape index (κ3) is 4.06. The van der Waals surface area contributed by atoms with Gasteiger partial charge in [-0.05, 0) is 55.7 Å². The van der Waals surface area contributed by atoms with E-state index in [1.54, 1.807) is 12.5 Å². The molecule has 38 heavy (non-hydrogen) atoms. The monoisotopic (exact) mass is 508 g/mol. The van der Waals surface area contributed by atoms with E-state index in [4.69, 9.17) is 14.5 Å². The van der Waals surface area contributed by atoms with E-state index in [-0.39, 0.29) is 5.41 Å². The summed E-state index contributed by atoms with van der Waals surface area (Å²) in [5, 5.41) is 3.43. The summed E-state index contributed by atoms with van der Waals surface area (Å²) in [7, 11) is 1.98. The molecular weight excluding hydrogens is 480 g/mol. The second kappa shape index (κ2) is 8.91. The standard InChI is InChI=1S/C28H28N8O2/c1-18-10-19(4-7-24(18)38-20-5-6-23-21(11-20)32-17-35(23)2)33-26-25-22(30-16-31-26)12-29-27(34-25)36-9-3-8-28(13-36)14-37-15-28/h4-7,10-12,16-17H,3,8-9,13-15H2,1-2H3,(H,30,31,33). The van der Waals surface area contributed by atoms with Crippen LogP contribution < -0.4 is 15.0 Å². The molecule has 2 aliphatic heterocycles. The Bertz CT molecular complexity index is 1660. The van der Waals surface area contributed by atoms with Crippen molar-refractivity contribution in [1.29, 1.82) is 0 Å². The van der Waals surface area contributed by atoms with Crippen LogP contribution in [0.1, 0.15) is 18.4 Å². The van der Waals surface area contributed by atoms with Crippen molar-refractivity contribution < 1.29 is 9.47 Å². The Labute approximate surface area is 219 Å². The molecule has 5 aromatic rings. The van der Waals surface area contributed by atoms with Gasteiger partial charge in [-0.1, -0.05) is 0 Å². The number of anilines is 3. The van der Waals surface area contributed by atoms with Gasteiger partial charge in [0.1, 0.15) is 28.9 Å². The summed E-state index contributed by atoms with van der Waals surface area (Å²) < 4.78 is 13.7. The number of nitrogens with zero attached hydrogens (tertiary/aromatic N) is 7. The van der Waals surface area contributed by atoms with Crippen molar-refractivity contribution in [3.05, 3.63) is 60.8 Å². The first kappa shape index (κ1) is 22.9. The molecule has 0 radical (unpaired) electrons. The molecule has 2 saturated heterocycles. The zero-order valence-corrected chi connectivity index (χ0v) is 21.4. The summed E-state index contributed by atoms with van der Waals surface area (Å²) in [4.78, 5) is 25.1. The maximum atomic E-state index is 6.18. The predicted octanol–water partition coefficient (Wildman–Crippen LogP) is 4.77. The Morgan fingerprint density at radius 2 is 1.95 bits per heavy atom. The first-order chi connectivity index (χ1) is 18.6. The lowest BCUT2D eigenvalue weighted by Crippen LogP contribution is -2.54. The summed E-state index contributed by atoms with van der Waals surface area (Å²) in [5.74, 6) is 2.89. The number of hydrogen-bond acceptors (Lipinski definition) is 9. The Balaban J connectivity index is 1.13. The lowest BCUT2D eigenvalue weighted by molar-refractivity contribution is -0.118. The van der Waals surface area contributed by atoms with E-state index >= 15 is 0 Å². The number of aromatic nitrogens is 6. The maximum Gasteiger partial charge on any atom is 0.226 e.